The van der Waals surface area contributed by atoms with Gasteiger partial charge in [-0.3, -0.25) is 9.59 Å². The van der Waals surface area contributed by atoms with Gasteiger partial charge in [-0.05, 0) is 71.1 Å². The highest BCUT2D eigenvalue weighted by Gasteiger charge is 2.40. The molecule has 0 radical (unpaired) electrons. The number of rotatable bonds is 12. The maximum atomic E-state index is 14.3. The van der Waals surface area contributed by atoms with Crippen LogP contribution in [0.3, 0.4) is 0 Å². The number of nitriles is 1. The Hall–Kier alpha value is -4.39. The van der Waals surface area contributed by atoms with E-state index in [0.29, 0.717) is 17.5 Å². The number of nitrogens with zero attached hydrogens (tertiary/aromatic N) is 2. The highest BCUT2D eigenvalue weighted by atomic mass is 16.6. The average Bonchev–Trinajstić information content (AvgIpc) is 2.94. The summed E-state index contributed by atoms with van der Waals surface area (Å²) in [5, 5.41) is 15.4. The summed E-state index contributed by atoms with van der Waals surface area (Å²) in [6.07, 6.45) is -0.127. The molecule has 2 aromatic carbocycles. The Labute approximate surface area is 267 Å². The van der Waals surface area contributed by atoms with Crippen LogP contribution < -0.4 is 10.6 Å². The van der Waals surface area contributed by atoms with E-state index >= 15 is 0 Å². The predicted octanol–water partition coefficient (Wildman–Crippen LogP) is 5.40. The van der Waals surface area contributed by atoms with Gasteiger partial charge in [0.25, 0.3) is 0 Å². The Balaban J connectivity index is 2.61. The first-order valence-electron chi connectivity index (χ1n) is 15.3. The molecule has 2 N–H and O–H groups in total. The summed E-state index contributed by atoms with van der Waals surface area (Å²) in [4.78, 5) is 56.0. The number of ether oxygens (including phenoxy) is 2. The Morgan fingerprint density at radius 1 is 0.889 bits per heavy atom. The third-order valence-corrected chi connectivity index (χ3v) is 7.01. The lowest BCUT2D eigenvalue weighted by Gasteiger charge is -2.35. The Kier molecular flexibility index (Phi) is 13.1. The first-order valence-corrected chi connectivity index (χ1v) is 15.3. The van der Waals surface area contributed by atoms with Crippen LogP contribution in [0.4, 0.5) is 4.79 Å². The predicted molar refractivity (Wildman–Crippen MR) is 172 cm³/mol. The van der Waals surface area contributed by atoms with Gasteiger partial charge in [0.15, 0.2) is 0 Å². The molecule has 0 saturated heterocycles. The topological polar surface area (TPSA) is 138 Å². The highest BCUT2D eigenvalue weighted by molar-refractivity contribution is 5.94. The normalized spacial score (nSPS) is 14.1. The number of carbonyl (C=O) groups excluding carboxylic acids is 4. The van der Waals surface area contributed by atoms with Crippen LogP contribution in [0, 0.1) is 24.2 Å². The number of hydrogen-bond acceptors (Lipinski definition) is 7. The Bertz CT molecular complexity index is 1360. The molecule has 0 saturated carbocycles. The number of hydrogen-bond donors (Lipinski definition) is 2. The van der Waals surface area contributed by atoms with Crippen LogP contribution in [0.1, 0.15) is 84.5 Å². The molecule has 0 aromatic heterocycles. The second-order valence-electron chi connectivity index (χ2n) is 13.2. The van der Waals surface area contributed by atoms with Gasteiger partial charge in [-0.2, -0.15) is 5.26 Å². The molecule has 10 nitrogen and oxygen atoms in total. The van der Waals surface area contributed by atoms with Gasteiger partial charge in [0.1, 0.15) is 35.9 Å². The highest BCUT2D eigenvalue weighted by Crippen LogP contribution is 2.27. The van der Waals surface area contributed by atoms with E-state index in [1.165, 1.54) is 0 Å². The number of benzene rings is 2. The molecule has 10 heteroatoms. The van der Waals surface area contributed by atoms with Crippen LogP contribution in [0.2, 0.25) is 0 Å². The van der Waals surface area contributed by atoms with Crippen molar-refractivity contribution in [1.82, 2.24) is 15.5 Å². The molecular weight excluding hydrogens is 572 g/mol. The van der Waals surface area contributed by atoms with Crippen LogP contribution in [0.25, 0.3) is 0 Å². The van der Waals surface area contributed by atoms with Crippen molar-refractivity contribution in [3.8, 4) is 6.07 Å². The van der Waals surface area contributed by atoms with Gasteiger partial charge in [-0.25, -0.2) is 9.59 Å². The molecule has 2 aromatic rings. The molecule has 2 rings (SSSR count). The van der Waals surface area contributed by atoms with Crippen LogP contribution >= 0.6 is 0 Å². The smallest absolute Gasteiger partial charge is 0.408 e. The third-order valence-electron chi connectivity index (χ3n) is 7.01. The van der Waals surface area contributed by atoms with E-state index < -0.39 is 59.7 Å². The summed E-state index contributed by atoms with van der Waals surface area (Å²) in [5.74, 6) is -2.29. The van der Waals surface area contributed by atoms with E-state index in [1.807, 2.05) is 43.3 Å². The lowest BCUT2D eigenvalue weighted by molar-refractivity contribution is -0.159. The van der Waals surface area contributed by atoms with Crippen molar-refractivity contribution in [3.63, 3.8) is 0 Å². The van der Waals surface area contributed by atoms with Gasteiger partial charge in [-0.1, -0.05) is 74.9 Å². The number of esters is 1. The number of carbonyl (C=O) groups is 4. The molecule has 0 bridgehead atoms. The summed E-state index contributed by atoms with van der Waals surface area (Å²) in [6.45, 7) is 15.4. The van der Waals surface area contributed by atoms with Crippen molar-refractivity contribution in [2.45, 2.75) is 104 Å². The zero-order chi connectivity index (χ0) is 33.9. The van der Waals surface area contributed by atoms with Crippen molar-refractivity contribution in [1.29, 1.82) is 5.26 Å². The maximum Gasteiger partial charge on any atom is 0.408 e. The Morgan fingerprint density at radius 2 is 1.47 bits per heavy atom. The van der Waals surface area contributed by atoms with E-state index in [9.17, 15) is 24.4 Å². The largest absolute Gasteiger partial charge is 0.458 e. The van der Waals surface area contributed by atoms with E-state index in [0.717, 1.165) is 10.5 Å². The van der Waals surface area contributed by atoms with Crippen molar-refractivity contribution >= 4 is 23.9 Å². The molecule has 0 aliphatic rings. The van der Waals surface area contributed by atoms with E-state index in [4.69, 9.17) is 9.47 Å². The van der Waals surface area contributed by atoms with Crippen LogP contribution in [0.5, 0.6) is 0 Å². The van der Waals surface area contributed by atoms with E-state index in [-0.39, 0.29) is 12.3 Å². The minimum Gasteiger partial charge on any atom is -0.458 e. The molecule has 0 aliphatic heterocycles. The molecule has 0 aliphatic carbocycles. The standard InChI is InChI=1S/C35H48N4O6/c1-10-23(2)28(38-33(43)45-35(7,8)9)31(41)39(21-20-36)29(26-19-15-14-16-24(26)3)30(40)37-27(32(42)44-34(4,5)6)22-25-17-12-11-13-18-25/h11-19,23,27-29H,10,21-22H2,1-9H3,(H,37,40)(H,38,43). The molecular formula is C35H48N4O6. The van der Waals surface area contributed by atoms with Crippen LogP contribution in [0.15, 0.2) is 54.6 Å². The maximum absolute atomic E-state index is 14.3. The zero-order valence-electron chi connectivity index (χ0n) is 28.0. The number of amides is 3. The van der Waals surface area contributed by atoms with E-state index in [1.54, 1.807) is 79.7 Å². The SMILES string of the molecule is CCC(C)C(NC(=O)OC(C)(C)C)C(=O)N(CC#N)C(C(=O)NC(Cc1ccccc1)C(=O)OC(C)(C)C)c1ccccc1C. The fourth-order valence-electron chi connectivity index (χ4n) is 4.68. The van der Waals surface area contributed by atoms with Gasteiger partial charge in [-0.15, -0.1) is 0 Å². The zero-order valence-corrected chi connectivity index (χ0v) is 28.0. The van der Waals surface area contributed by atoms with E-state index in [2.05, 4.69) is 10.6 Å². The fraction of sp³-hybridized carbons (Fsp3) is 0.514. The number of alkyl carbamates (subject to hydrolysis) is 1. The summed E-state index contributed by atoms with van der Waals surface area (Å²) < 4.78 is 11.1. The monoisotopic (exact) mass is 620 g/mol. The third kappa shape index (κ3) is 11.6. The first-order chi connectivity index (χ1) is 21.0. The summed E-state index contributed by atoms with van der Waals surface area (Å²) in [6, 6.07) is 14.8. The van der Waals surface area contributed by atoms with Gasteiger partial charge < -0.3 is 25.0 Å². The van der Waals surface area contributed by atoms with Crippen molar-refractivity contribution in [2.75, 3.05) is 6.54 Å². The fourth-order valence-corrected chi connectivity index (χ4v) is 4.68. The van der Waals surface area contributed by atoms with Crippen molar-refractivity contribution < 1.29 is 28.7 Å². The second-order valence-corrected chi connectivity index (χ2v) is 13.2. The Morgan fingerprint density at radius 3 is 2.00 bits per heavy atom. The van der Waals surface area contributed by atoms with Crippen molar-refractivity contribution in [2.24, 2.45) is 5.92 Å². The molecule has 0 heterocycles. The molecule has 4 unspecified atom stereocenters. The summed E-state index contributed by atoms with van der Waals surface area (Å²) >= 11 is 0. The molecule has 244 valence electrons. The minimum absolute atomic E-state index is 0.143. The second kappa shape index (κ2) is 16.1. The molecule has 3 amide bonds. The first kappa shape index (κ1) is 36.8. The number of nitrogens with one attached hydrogen (secondary N) is 2. The molecule has 0 spiro atoms. The van der Waals surface area contributed by atoms with Gasteiger partial charge in [0, 0.05) is 6.42 Å². The molecule has 45 heavy (non-hydrogen) atoms. The lowest BCUT2D eigenvalue weighted by Crippen LogP contribution is -2.56. The van der Waals surface area contributed by atoms with Gasteiger partial charge in [0.05, 0.1) is 6.07 Å². The number of aryl methyl sites for hydroxylation is 1. The lowest BCUT2D eigenvalue weighted by atomic mass is 9.94. The molecule has 0 fully saturated rings. The quantitative estimate of drug-likeness (QED) is 0.239. The van der Waals surface area contributed by atoms with Crippen LogP contribution in [-0.4, -0.2) is 58.6 Å². The molecule has 4 atom stereocenters. The van der Waals surface area contributed by atoms with Crippen LogP contribution in [-0.2, 0) is 30.3 Å². The van der Waals surface area contributed by atoms with Gasteiger partial charge in [0.2, 0.25) is 11.8 Å². The van der Waals surface area contributed by atoms with Crippen molar-refractivity contribution in [3.05, 3.63) is 71.3 Å². The summed E-state index contributed by atoms with van der Waals surface area (Å²) in [5.41, 5.74) is 0.348. The summed E-state index contributed by atoms with van der Waals surface area (Å²) in [7, 11) is 0. The van der Waals surface area contributed by atoms with Gasteiger partial charge >= 0.3 is 12.1 Å². The average molecular weight is 621 g/mol. The minimum atomic E-state index is -1.30.